The van der Waals surface area contributed by atoms with Gasteiger partial charge in [0, 0.05) is 14.1 Å². The quantitative estimate of drug-likeness (QED) is 0.818. The van der Waals surface area contributed by atoms with Crippen molar-refractivity contribution in [2.24, 2.45) is 5.92 Å². The van der Waals surface area contributed by atoms with Crippen LogP contribution in [0.4, 0.5) is 4.39 Å². The molecule has 0 aliphatic heterocycles. The van der Waals surface area contributed by atoms with Crippen molar-refractivity contribution in [1.82, 2.24) is 10.4 Å². The van der Waals surface area contributed by atoms with Crippen molar-refractivity contribution >= 4 is 5.91 Å². The van der Waals surface area contributed by atoms with Crippen LogP contribution in [0.15, 0.2) is 24.3 Å². The number of nitrogens with one attached hydrogen (secondary N) is 1. The van der Waals surface area contributed by atoms with Crippen LogP contribution in [-0.2, 0) is 15.1 Å². The number of halogens is 1. The second-order valence-electron chi connectivity index (χ2n) is 6.69. The lowest BCUT2D eigenvalue weighted by Crippen LogP contribution is -2.49. The molecule has 4 nitrogen and oxygen atoms in total. The molecule has 1 aliphatic rings. The summed E-state index contributed by atoms with van der Waals surface area (Å²) in [6.07, 6.45) is 6.03. The van der Waals surface area contributed by atoms with Gasteiger partial charge >= 0.3 is 0 Å². The Kier molecular flexibility index (Phi) is 6.13. The molecular weight excluding hydrogens is 295 g/mol. The predicted octanol–water partition coefficient (Wildman–Crippen LogP) is 3.23. The zero-order valence-corrected chi connectivity index (χ0v) is 14.3. The largest absolute Gasteiger partial charge is 0.360 e. The molecule has 1 saturated carbocycles. The highest BCUT2D eigenvalue weighted by Crippen LogP contribution is 2.30. The Balaban J connectivity index is 2.15. The second kappa shape index (κ2) is 7.88. The molecule has 1 fully saturated rings. The van der Waals surface area contributed by atoms with Gasteiger partial charge in [0.15, 0.2) is 5.60 Å². The SMILES string of the molecule is CN(C)NC(=O)C(C)(OCC1CCCCC1)c1ccc(F)cc1. The number of hydrazine groups is 1. The van der Waals surface area contributed by atoms with Crippen LogP contribution >= 0.6 is 0 Å². The first-order valence-electron chi connectivity index (χ1n) is 8.30. The summed E-state index contributed by atoms with van der Waals surface area (Å²) in [5, 5.41) is 1.59. The molecule has 0 heterocycles. The van der Waals surface area contributed by atoms with Gasteiger partial charge in [0.1, 0.15) is 5.82 Å². The lowest BCUT2D eigenvalue weighted by molar-refractivity contribution is -0.153. The molecule has 1 aromatic rings. The highest BCUT2D eigenvalue weighted by atomic mass is 19.1. The molecular formula is C18H27FN2O2. The normalized spacial score (nSPS) is 18.7. The highest BCUT2D eigenvalue weighted by Gasteiger charge is 2.37. The topological polar surface area (TPSA) is 41.6 Å². The Morgan fingerprint density at radius 2 is 1.87 bits per heavy atom. The average Bonchev–Trinajstić information content (AvgIpc) is 2.53. The van der Waals surface area contributed by atoms with Crippen molar-refractivity contribution < 1.29 is 13.9 Å². The molecule has 2 rings (SSSR count). The van der Waals surface area contributed by atoms with Gasteiger partial charge in [0.25, 0.3) is 5.91 Å². The molecule has 5 heteroatoms. The third kappa shape index (κ3) is 4.75. The lowest BCUT2D eigenvalue weighted by atomic mass is 9.89. The van der Waals surface area contributed by atoms with Crippen molar-refractivity contribution in [3.63, 3.8) is 0 Å². The van der Waals surface area contributed by atoms with Gasteiger partial charge in [-0.1, -0.05) is 31.4 Å². The summed E-state index contributed by atoms with van der Waals surface area (Å²) in [7, 11) is 3.51. The molecule has 23 heavy (non-hydrogen) atoms. The number of ether oxygens (including phenoxy) is 1. The number of rotatable bonds is 6. The van der Waals surface area contributed by atoms with Crippen molar-refractivity contribution in [3.8, 4) is 0 Å². The summed E-state index contributed by atoms with van der Waals surface area (Å²) in [6, 6.07) is 5.96. The maximum atomic E-state index is 13.2. The van der Waals surface area contributed by atoms with Gasteiger partial charge in [-0.05, 0) is 43.4 Å². The molecule has 1 unspecified atom stereocenters. The minimum absolute atomic E-state index is 0.245. The molecule has 1 atom stereocenters. The van der Waals surface area contributed by atoms with Crippen molar-refractivity contribution in [1.29, 1.82) is 0 Å². The van der Waals surface area contributed by atoms with E-state index in [2.05, 4.69) is 5.43 Å². The molecule has 1 amide bonds. The summed E-state index contributed by atoms with van der Waals surface area (Å²) in [5.74, 6) is -0.0722. The van der Waals surface area contributed by atoms with Crippen LogP contribution in [0.2, 0.25) is 0 Å². The average molecular weight is 322 g/mol. The Hall–Kier alpha value is -1.46. The summed E-state index contributed by atoms with van der Waals surface area (Å²) < 4.78 is 19.3. The number of carbonyl (C=O) groups excluding carboxylic acids is 1. The number of hydrogen-bond acceptors (Lipinski definition) is 3. The van der Waals surface area contributed by atoms with E-state index in [-0.39, 0.29) is 11.7 Å². The standard InChI is InChI=1S/C18H27FN2O2/c1-18(17(22)20-21(2)3,15-9-11-16(19)12-10-15)23-13-14-7-5-4-6-8-14/h9-12,14H,4-8,13H2,1-3H3,(H,20,22). The van der Waals surface area contributed by atoms with Crippen LogP contribution in [0.3, 0.4) is 0 Å². The maximum absolute atomic E-state index is 13.2. The van der Waals surface area contributed by atoms with Crippen LogP contribution in [0.25, 0.3) is 0 Å². The number of amides is 1. The number of carbonyl (C=O) groups is 1. The summed E-state index contributed by atoms with van der Waals surface area (Å²) >= 11 is 0. The van der Waals surface area contributed by atoms with Crippen molar-refractivity contribution in [2.45, 2.75) is 44.6 Å². The zero-order chi connectivity index (χ0) is 16.9. The van der Waals surface area contributed by atoms with Gasteiger partial charge in [-0.2, -0.15) is 0 Å². The molecule has 0 bridgehead atoms. The monoisotopic (exact) mass is 322 g/mol. The van der Waals surface area contributed by atoms with E-state index < -0.39 is 5.60 Å². The molecule has 128 valence electrons. The van der Waals surface area contributed by atoms with Gasteiger partial charge in [0.05, 0.1) is 6.61 Å². The molecule has 0 aromatic heterocycles. The van der Waals surface area contributed by atoms with Gasteiger partial charge in [-0.15, -0.1) is 0 Å². The summed E-state index contributed by atoms with van der Waals surface area (Å²) in [4.78, 5) is 12.7. The van der Waals surface area contributed by atoms with E-state index in [9.17, 15) is 9.18 Å². The summed E-state index contributed by atoms with van der Waals surface area (Å²) in [6.45, 7) is 2.30. The third-order valence-electron chi connectivity index (χ3n) is 4.49. The smallest absolute Gasteiger partial charge is 0.270 e. The third-order valence-corrected chi connectivity index (χ3v) is 4.49. The minimum atomic E-state index is -1.13. The molecule has 1 N–H and O–H groups in total. The Morgan fingerprint density at radius 3 is 2.43 bits per heavy atom. The van der Waals surface area contributed by atoms with Crippen LogP contribution < -0.4 is 5.43 Å². The van der Waals surface area contributed by atoms with Crippen LogP contribution in [0, 0.1) is 11.7 Å². The number of nitrogens with zero attached hydrogens (tertiary/aromatic N) is 1. The summed E-state index contributed by atoms with van der Waals surface area (Å²) in [5.41, 5.74) is 2.29. The molecule has 1 aromatic carbocycles. The second-order valence-corrected chi connectivity index (χ2v) is 6.69. The van der Waals surface area contributed by atoms with Gasteiger partial charge in [-0.3, -0.25) is 10.2 Å². The predicted molar refractivity (Wildman–Crippen MR) is 88.1 cm³/mol. The van der Waals surface area contributed by atoms with Gasteiger partial charge in [0.2, 0.25) is 0 Å². The molecule has 0 spiro atoms. The van der Waals surface area contributed by atoms with Crippen LogP contribution in [0.1, 0.15) is 44.6 Å². The Bertz CT molecular complexity index is 512. The van der Waals surface area contributed by atoms with Crippen LogP contribution in [0.5, 0.6) is 0 Å². The lowest BCUT2D eigenvalue weighted by Gasteiger charge is -2.33. The van der Waals surface area contributed by atoms with E-state index in [4.69, 9.17) is 4.74 Å². The fourth-order valence-electron chi connectivity index (χ4n) is 3.00. The first-order chi connectivity index (χ1) is 10.9. The minimum Gasteiger partial charge on any atom is -0.360 e. The zero-order valence-electron chi connectivity index (χ0n) is 14.3. The van der Waals surface area contributed by atoms with E-state index in [0.29, 0.717) is 18.1 Å². The van der Waals surface area contributed by atoms with E-state index in [1.54, 1.807) is 38.2 Å². The highest BCUT2D eigenvalue weighted by molar-refractivity contribution is 5.85. The fraction of sp³-hybridized carbons (Fsp3) is 0.611. The van der Waals surface area contributed by atoms with E-state index in [1.807, 2.05) is 0 Å². The first kappa shape index (κ1) is 17.9. The number of benzene rings is 1. The van der Waals surface area contributed by atoms with E-state index in [0.717, 1.165) is 12.8 Å². The first-order valence-corrected chi connectivity index (χ1v) is 8.30. The number of hydrogen-bond donors (Lipinski definition) is 1. The van der Waals surface area contributed by atoms with Crippen LogP contribution in [-0.4, -0.2) is 31.6 Å². The fourth-order valence-corrected chi connectivity index (χ4v) is 3.00. The Labute approximate surface area is 138 Å². The van der Waals surface area contributed by atoms with E-state index >= 15 is 0 Å². The van der Waals surface area contributed by atoms with E-state index in [1.165, 1.54) is 31.4 Å². The van der Waals surface area contributed by atoms with Gasteiger partial charge < -0.3 is 4.74 Å². The van der Waals surface area contributed by atoms with Crippen molar-refractivity contribution in [3.05, 3.63) is 35.6 Å². The molecule has 0 saturated heterocycles. The maximum Gasteiger partial charge on any atom is 0.270 e. The molecule has 0 radical (unpaired) electrons. The van der Waals surface area contributed by atoms with Gasteiger partial charge in [-0.25, -0.2) is 9.40 Å². The Morgan fingerprint density at radius 1 is 1.26 bits per heavy atom. The molecule has 1 aliphatic carbocycles. The van der Waals surface area contributed by atoms with Crippen molar-refractivity contribution in [2.75, 3.05) is 20.7 Å².